The molecule has 0 aliphatic heterocycles. The largest absolute Gasteiger partial charge is 0.497 e. The molecule has 4 nitrogen and oxygen atoms in total. The number of aryl methyl sites for hydroxylation is 1. The van der Waals surface area contributed by atoms with Crippen LogP contribution in [0.25, 0.3) is 0 Å². The van der Waals surface area contributed by atoms with E-state index in [-0.39, 0.29) is 6.04 Å². The van der Waals surface area contributed by atoms with Crippen molar-refractivity contribution in [3.63, 3.8) is 0 Å². The SMILES string of the molecule is CNC(c1cccc(OC)c1)c1cncn1C. The van der Waals surface area contributed by atoms with Gasteiger partial charge in [-0.15, -0.1) is 0 Å². The number of nitrogens with one attached hydrogen (secondary N) is 1. The second-order valence-corrected chi connectivity index (χ2v) is 3.93. The minimum atomic E-state index is 0.123. The number of imidazole rings is 1. The Hall–Kier alpha value is -1.81. The second kappa shape index (κ2) is 5.01. The lowest BCUT2D eigenvalue weighted by Crippen LogP contribution is -2.20. The quantitative estimate of drug-likeness (QED) is 0.871. The van der Waals surface area contributed by atoms with Crippen LogP contribution in [-0.4, -0.2) is 23.7 Å². The van der Waals surface area contributed by atoms with Crippen LogP contribution < -0.4 is 10.1 Å². The number of hydrogen-bond donors (Lipinski definition) is 1. The maximum Gasteiger partial charge on any atom is 0.119 e. The minimum Gasteiger partial charge on any atom is -0.497 e. The second-order valence-electron chi connectivity index (χ2n) is 3.93. The molecular weight excluding hydrogens is 214 g/mol. The first-order valence-electron chi connectivity index (χ1n) is 5.53. The lowest BCUT2D eigenvalue weighted by Gasteiger charge is -2.17. The molecule has 90 valence electrons. The van der Waals surface area contributed by atoms with E-state index in [4.69, 9.17) is 4.74 Å². The number of benzene rings is 1. The monoisotopic (exact) mass is 231 g/mol. The number of ether oxygens (including phenoxy) is 1. The number of rotatable bonds is 4. The highest BCUT2D eigenvalue weighted by molar-refractivity contribution is 5.34. The van der Waals surface area contributed by atoms with E-state index in [2.05, 4.69) is 16.4 Å². The van der Waals surface area contributed by atoms with Gasteiger partial charge in [0.1, 0.15) is 5.75 Å². The van der Waals surface area contributed by atoms with Crippen molar-refractivity contribution in [2.45, 2.75) is 6.04 Å². The highest BCUT2D eigenvalue weighted by atomic mass is 16.5. The van der Waals surface area contributed by atoms with Crippen LogP contribution in [0.15, 0.2) is 36.8 Å². The van der Waals surface area contributed by atoms with Gasteiger partial charge in [-0.2, -0.15) is 0 Å². The van der Waals surface area contributed by atoms with Gasteiger partial charge in [-0.1, -0.05) is 12.1 Å². The fourth-order valence-corrected chi connectivity index (χ4v) is 1.95. The van der Waals surface area contributed by atoms with E-state index in [0.29, 0.717) is 0 Å². The van der Waals surface area contributed by atoms with Crippen molar-refractivity contribution < 1.29 is 4.74 Å². The molecule has 1 atom stereocenters. The van der Waals surface area contributed by atoms with Crippen molar-refractivity contribution in [2.24, 2.45) is 7.05 Å². The maximum atomic E-state index is 5.25. The van der Waals surface area contributed by atoms with Crippen molar-refractivity contribution in [3.8, 4) is 5.75 Å². The predicted octanol–water partition coefficient (Wildman–Crippen LogP) is 1.74. The van der Waals surface area contributed by atoms with Crippen molar-refractivity contribution in [1.29, 1.82) is 0 Å². The normalized spacial score (nSPS) is 12.4. The zero-order chi connectivity index (χ0) is 12.3. The summed E-state index contributed by atoms with van der Waals surface area (Å²) in [7, 11) is 5.61. The van der Waals surface area contributed by atoms with Gasteiger partial charge in [0.05, 0.1) is 31.4 Å². The van der Waals surface area contributed by atoms with Crippen LogP contribution in [0.3, 0.4) is 0 Å². The average Bonchev–Trinajstić information content (AvgIpc) is 2.77. The molecule has 2 rings (SSSR count). The van der Waals surface area contributed by atoms with Gasteiger partial charge in [-0.05, 0) is 24.7 Å². The highest BCUT2D eigenvalue weighted by Gasteiger charge is 2.15. The van der Waals surface area contributed by atoms with E-state index in [1.54, 1.807) is 13.4 Å². The highest BCUT2D eigenvalue weighted by Crippen LogP contribution is 2.24. The molecule has 1 unspecified atom stereocenters. The summed E-state index contributed by atoms with van der Waals surface area (Å²) in [5.74, 6) is 0.866. The molecule has 0 amide bonds. The zero-order valence-corrected chi connectivity index (χ0v) is 10.3. The van der Waals surface area contributed by atoms with E-state index < -0.39 is 0 Å². The molecule has 0 spiro atoms. The molecule has 1 aromatic carbocycles. The fraction of sp³-hybridized carbons (Fsp3) is 0.308. The molecule has 4 heteroatoms. The van der Waals surface area contributed by atoms with Gasteiger partial charge in [-0.25, -0.2) is 4.98 Å². The Morgan fingerprint density at radius 3 is 2.82 bits per heavy atom. The van der Waals surface area contributed by atoms with E-state index in [1.165, 1.54) is 0 Å². The van der Waals surface area contributed by atoms with Crippen molar-refractivity contribution >= 4 is 0 Å². The standard InChI is InChI=1S/C13H17N3O/c1-14-13(12-8-15-9-16(12)2)10-5-4-6-11(7-10)17-3/h4-9,13-14H,1-3H3. The van der Waals surface area contributed by atoms with Crippen molar-refractivity contribution in [1.82, 2.24) is 14.9 Å². The summed E-state index contributed by atoms with van der Waals surface area (Å²) in [5, 5.41) is 3.30. The van der Waals surface area contributed by atoms with E-state index >= 15 is 0 Å². The third-order valence-corrected chi connectivity index (χ3v) is 2.87. The Labute approximate surface area is 101 Å². The van der Waals surface area contributed by atoms with E-state index in [1.807, 2.05) is 43.1 Å². The van der Waals surface area contributed by atoms with Gasteiger partial charge in [0, 0.05) is 7.05 Å². The maximum absolute atomic E-state index is 5.25. The zero-order valence-electron chi connectivity index (χ0n) is 10.3. The smallest absolute Gasteiger partial charge is 0.119 e. The molecule has 1 heterocycles. The molecule has 0 aliphatic rings. The van der Waals surface area contributed by atoms with Gasteiger partial charge >= 0.3 is 0 Å². The van der Waals surface area contributed by atoms with Gasteiger partial charge < -0.3 is 14.6 Å². The molecule has 0 bridgehead atoms. The van der Waals surface area contributed by atoms with Gasteiger partial charge in [0.25, 0.3) is 0 Å². The number of hydrogen-bond acceptors (Lipinski definition) is 3. The number of aromatic nitrogens is 2. The molecule has 0 saturated heterocycles. The summed E-state index contributed by atoms with van der Waals surface area (Å²) in [6.45, 7) is 0. The number of methoxy groups -OCH3 is 1. The first-order valence-corrected chi connectivity index (χ1v) is 5.53. The fourth-order valence-electron chi connectivity index (χ4n) is 1.95. The van der Waals surface area contributed by atoms with Crippen molar-refractivity contribution in [2.75, 3.05) is 14.2 Å². The predicted molar refractivity (Wildman–Crippen MR) is 67.1 cm³/mol. The molecule has 0 radical (unpaired) electrons. The minimum absolute atomic E-state index is 0.123. The third-order valence-electron chi connectivity index (χ3n) is 2.87. The molecule has 1 N–H and O–H groups in total. The Bertz CT molecular complexity index is 493. The summed E-state index contributed by atoms with van der Waals surface area (Å²) in [6, 6.07) is 8.18. The first-order chi connectivity index (χ1) is 8.26. The summed E-state index contributed by atoms with van der Waals surface area (Å²) in [6.07, 6.45) is 3.68. The van der Waals surface area contributed by atoms with Crippen LogP contribution in [-0.2, 0) is 7.05 Å². The summed E-state index contributed by atoms with van der Waals surface area (Å²) >= 11 is 0. The van der Waals surface area contributed by atoms with Crippen LogP contribution in [0.4, 0.5) is 0 Å². The lowest BCUT2D eigenvalue weighted by molar-refractivity contribution is 0.413. The Morgan fingerprint density at radius 2 is 2.24 bits per heavy atom. The Kier molecular flexibility index (Phi) is 3.44. The molecule has 1 aromatic heterocycles. The van der Waals surface area contributed by atoms with E-state index in [9.17, 15) is 0 Å². The molecule has 2 aromatic rings. The molecule has 0 fully saturated rings. The Morgan fingerprint density at radius 1 is 1.41 bits per heavy atom. The van der Waals surface area contributed by atoms with Crippen LogP contribution in [0.2, 0.25) is 0 Å². The first kappa shape index (κ1) is 11.7. The summed E-state index contributed by atoms with van der Waals surface area (Å²) in [4.78, 5) is 4.15. The summed E-state index contributed by atoms with van der Waals surface area (Å²) in [5.41, 5.74) is 2.29. The third kappa shape index (κ3) is 2.31. The van der Waals surface area contributed by atoms with Gasteiger partial charge in [-0.3, -0.25) is 0 Å². The molecule has 0 saturated carbocycles. The Balaban J connectivity index is 2.38. The summed E-state index contributed by atoms with van der Waals surface area (Å²) < 4.78 is 7.26. The van der Waals surface area contributed by atoms with Crippen LogP contribution in [0.5, 0.6) is 5.75 Å². The van der Waals surface area contributed by atoms with Gasteiger partial charge in [0.15, 0.2) is 0 Å². The van der Waals surface area contributed by atoms with Crippen LogP contribution in [0.1, 0.15) is 17.3 Å². The molecular formula is C13H17N3O. The van der Waals surface area contributed by atoms with Gasteiger partial charge in [0.2, 0.25) is 0 Å². The van der Waals surface area contributed by atoms with Crippen molar-refractivity contribution in [3.05, 3.63) is 48.0 Å². The van der Waals surface area contributed by atoms with Crippen LogP contribution in [0, 0.1) is 0 Å². The average molecular weight is 231 g/mol. The molecule has 0 aliphatic carbocycles. The van der Waals surface area contributed by atoms with E-state index in [0.717, 1.165) is 17.0 Å². The number of nitrogens with zero attached hydrogens (tertiary/aromatic N) is 2. The topological polar surface area (TPSA) is 39.1 Å². The lowest BCUT2D eigenvalue weighted by atomic mass is 10.0. The van der Waals surface area contributed by atoms with Crippen LogP contribution >= 0.6 is 0 Å². The molecule has 17 heavy (non-hydrogen) atoms.